The van der Waals surface area contributed by atoms with Crippen molar-refractivity contribution in [2.75, 3.05) is 36.9 Å². The van der Waals surface area contributed by atoms with Gasteiger partial charge in [-0.2, -0.15) is 5.10 Å². The number of ether oxygens (including phenoxy) is 2. The number of sulfonamides is 1. The Morgan fingerprint density at radius 3 is 2.64 bits per heavy atom. The SMILES string of the molecule is Cc1c(Cl)cccc1N(CC(=O)N/N=C\c1ccc(OCC(=O)NC[C@@H]2CCCO2)cc1)S(C)(=O)=O. The molecule has 0 aliphatic carbocycles. The van der Waals surface area contributed by atoms with E-state index in [2.05, 4.69) is 15.8 Å². The number of amides is 2. The molecule has 0 spiro atoms. The highest BCUT2D eigenvalue weighted by molar-refractivity contribution is 7.92. The molecule has 0 radical (unpaired) electrons. The van der Waals surface area contributed by atoms with E-state index in [-0.39, 0.29) is 18.6 Å². The molecule has 1 atom stereocenters. The van der Waals surface area contributed by atoms with Gasteiger partial charge in [-0.25, -0.2) is 13.8 Å². The molecule has 0 bridgehead atoms. The molecule has 194 valence electrons. The maximum atomic E-state index is 12.4. The van der Waals surface area contributed by atoms with Crippen molar-refractivity contribution in [1.82, 2.24) is 10.7 Å². The number of nitrogens with zero attached hydrogens (tertiary/aromatic N) is 2. The number of nitrogens with one attached hydrogen (secondary N) is 2. The number of rotatable bonds is 11. The molecule has 2 aromatic rings. The molecule has 2 N–H and O–H groups in total. The largest absolute Gasteiger partial charge is 0.484 e. The Labute approximate surface area is 215 Å². The van der Waals surface area contributed by atoms with E-state index in [9.17, 15) is 18.0 Å². The van der Waals surface area contributed by atoms with Crippen molar-refractivity contribution in [1.29, 1.82) is 0 Å². The molecule has 2 aromatic carbocycles. The summed E-state index contributed by atoms with van der Waals surface area (Å²) in [6.45, 7) is 2.32. The number of hydrogen-bond donors (Lipinski definition) is 2. The van der Waals surface area contributed by atoms with Crippen LogP contribution in [-0.4, -0.2) is 65.1 Å². The molecule has 1 aliphatic rings. The van der Waals surface area contributed by atoms with Crippen molar-refractivity contribution in [3.05, 3.63) is 58.6 Å². The number of halogens is 1. The van der Waals surface area contributed by atoms with Crippen molar-refractivity contribution in [3.63, 3.8) is 0 Å². The fraction of sp³-hybridized carbons (Fsp3) is 0.375. The van der Waals surface area contributed by atoms with Crippen molar-refractivity contribution in [2.24, 2.45) is 5.10 Å². The van der Waals surface area contributed by atoms with Crippen molar-refractivity contribution < 1.29 is 27.5 Å². The van der Waals surface area contributed by atoms with Crippen LogP contribution in [0.3, 0.4) is 0 Å². The molecule has 0 saturated carbocycles. The van der Waals surface area contributed by atoms with Crippen molar-refractivity contribution in [3.8, 4) is 5.75 Å². The Kier molecular flexibility index (Phi) is 9.68. The normalized spacial score (nSPS) is 15.6. The summed E-state index contributed by atoms with van der Waals surface area (Å²) >= 11 is 6.10. The van der Waals surface area contributed by atoms with E-state index < -0.39 is 22.5 Å². The molecular formula is C24H29ClN4O6S. The van der Waals surface area contributed by atoms with Gasteiger partial charge < -0.3 is 14.8 Å². The third-order valence-electron chi connectivity index (χ3n) is 5.40. The van der Waals surface area contributed by atoms with Crippen LogP contribution in [0.4, 0.5) is 5.69 Å². The molecule has 2 amide bonds. The van der Waals surface area contributed by atoms with Crippen molar-refractivity contribution >= 4 is 45.3 Å². The highest BCUT2D eigenvalue weighted by atomic mass is 35.5. The second kappa shape index (κ2) is 12.7. The summed E-state index contributed by atoms with van der Waals surface area (Å²) in [6.07, 6.45) is 4.45. The maximum absolute atomic E-state index is 12.4. The zero-order chi connectivity index (χ0) is 26.1. The van der Waals surface area contributed by atoms with Crippen molar-refractivity contribution in [2.45, 2.75) is 25.9 Å². The van der Waals surface area contributed by atoms with Gasteiger partial charge >= 0.3 is 0 Å². The molecule has 0 aromatic heterocycles. The summed E-state index contributed by atoms with van der Waals surface area (Å²) in [5.41, 5.74) is 3.85. The van der Waals surface area contributed by atoms with E-state index >= 15 is 0 Å². The second-order valence-corrected chi connectivity index (χ2v) is 10.6. The fourth-order valence-electron chi connectivity index (χ4n) is 3.47. The van der Waals surface area contributed by atoms with Crippen LogP contribution >= 0.6 is 11.6 Å². The molecule has 12 heteroatoms. The average molecular weight is 537 g/mol. The number of carbonyl (C=O) groups is 2. The van der Waals surface area contributed by atoms with E-state index in [1.165, 1.54) is 6.21 Å². The van der Waals surface area contributed by atoms with Crippen LogP contribution in [0.2, 0.25) is 5.02 Å². The van der Waals surface area contributed by atoms with Crippen LogP contribution in [0.1, 0.15) is 24.0 Å². The summed E-state index contributed by atoms with van der Waals surface area (Å²) in [4.78, 5) is 24.3. The van der Waals surface area contributed by atoms with Gasteiger partial charge in [0.05, 0.1) is 24.3 Å². The number of benzene rings is 2. The highest BCUT2D eigenvalue weighted by Gasteiger charge is 2.23. The first-order valence-electron chi connectivity index (χ1n) is 11.3. The van der Waals surface area contributed by atoms with E-state index in [1.54, 1.807) is 49.4 Å². The van der Waals surface area contributed by atoms with E-state index in [4.69, 9.17) is 21.1 Å². The number of hydrazone groups is 1. The average Bonchev–Trinajstić information content (AvgIpc) is 3.36. The van der Waals surface area contributed by atoms with Crippen LogP contribution in [0, 0.1) is 6.92 Å². The number of hydrogen-bond acceptors (Lipinski definition) is 7. The van der Waals surface area contributed by atoms with Gasteiger partial charge in [0.15, 0.2) is 6.61 Å². The van der Waals surface area contributed by atoms with Crippen LogP contribution in [0.15, 0.2) is 47.6 Å². The van der Waals surface area contributed by atoms with Gasteiger partial charge in [-0.15, -0.1) is 0 Å². The van der Waals surface area contributed by atoms with E-state index in [0.29, 0.717) is 34.1 Å². The van der Waals surface area contributed by atoms with Gasteiger partial charge in [-0.05, 0) is 67.3 Å². The third kappa shape index (κ3) is 8.21. The zero-order valence-electron chi connectivity index (χ0n) is 20.1. The Hall–Kier alpha value is -3.15. The smallest absolute Gasteiger partial charge is 0.260 e. The molecule has 10 nitrogen and oxygen atoms in total. The summed E-state index contributed by atoms with van der Waals surface area (Å²) in [5.74, 6) is -0.343. The third-order valence-corrected chi connectivity index (χ3v) is 6.94. The fourth-order valence-corrected chi connectivity index (χ4v) is 4.55. The molecular weight excluding hydrogens is 508 g/mol. The lowest BCUT2D eigenvalue weighted by atomic mass is 10.2. The summed E-state index contributed by atoms with van der Waals surface area (Å²) in [7, 11) is -3.74. The van der Waals surface area contributed by atoms with E-state index in [0.717, 1.165) is 30.0 Å². The minimum Gasteiger partial charge on any atom is -0.484 e. The zero-order valence-corrected chi connectivity index (χ0v) is 21.6. The molecule has 1 fully saturated rings. The Morgan fingerprint density at radius 1 is 1.22 bits per heavy atom. The topological polar surface area (TPSA) is 126 Å². The van der Waals surface area contributed by atoms with Gasteiger partial charge in [-0.1, -0.05) is 17.7 Å². The first kappa shape index (κ1) is 27.4. The Bertz CT molecular complexity index is 1200. The Morgan fingerprint density at radius 2 is 1.97 bits per heavy atom. The molecule has 1 aliphatic heterocycles. The van der Waals surface area contributed by atoms with Crippen LogP contribution < -0.4 is 19.8 Å². The highest BCUT2D eigenvalue weighted by Crippen LogP contribution is 2.28. The quantitative estimate of drug-likeness (QED) is 0.335. The second-order valence-electron chi connectivity index (χ2n) is 8.24. The van der Waals surface area contributed by atoms with Gasteiger partial charge in [0.25, 0.3) is 11.8 Å². The van der Waals surface area contributed by atoms with Crippen LogP contribution in [-0.2, 0) is 24.3 Å². The molecule has 1 heterocycles. The van der Waals surface area contributed by atoms with Crippen LogP contribution in [0.5, 0.6) is 5.75 Å². The molecule has 0 unspecified atom stereocenters. The predicted molar refractivity (Wildman–Crippen MR) is 138 cm³/mol. The van der Waals surface area contributed by atoms with Gasteiger partial charge in [0, 0.05) is 18.2 Å². The lowest BCUT2D eigenvalue weighted by Crippen LogP contribution is -2.39. The minimum absolute atomic E-state index is 0.0726. The first-order chi connectivity index (χ1) is 17.1. The lowest BCUT2D eigenvalue weighted by molar-refractivity contribution is -0.123. The summed E-state index contributed by atoms with van der Waals surface area (Å²) in [6, 6.07) is 11.6. The molecule has 36 heavy (non-hydrogen) atoms. The molecule has 1 saturated heterocycles. The molecule has 3 rings (SSSR count). The van der Waals surface area contributed by atoms with Gasteiger partial charge in [-0.3, -0.25) is 13.9 Å². The lowest BCUT2D eigenvalue weighted by Gasteiger charge is -2.23. The van der Waals surface area contributed by atoms with Gasteiger partial charge in [0.1, 0.15) is 12.3 Å². The monoisotopic (exact) mass is 536 g/mol. The first-order valence-corrected chi connectivity index (χ1v) is 13.5. The minimum atomic E-state index is -3.74. The van der Waals surface area contributed by atoms with Gasteiger partial charge in [0.2, 0.25) is 10.0 Å². The Balaban J connectivity index is 1.48. The summed E-state index contributed by atoms with van der Waals surface area (Å²) < 4.78 is 36.5. The standard InChI is InChI=1S/C24H29ClN4O6S/c1-17-21(25)6-3-7-22(17)29(36(2,32)33)15-23(30)28-27-13-18-8-10-19(11-9-18)35-16-24(31)26-14-20-5-4-12-34-20/h3,6-11,13,20H,4-5,12,14-16H2,1-2H3,(H,26,31)(H,28,30)/b27-13-/t20-/m0/s1. The maximum Gasteiger partial charge on any atom is 0.260 e. The number of anilines is 1. The van der Waals surface area contributed by atoms with E-state index in [1.807, 2.05) is 0 Å². The summed E-state index contributed by atoms with van der Waals surface area (Å²) in [5, 5.41) is 7.07. The predicted octanol–water partition coefficient (Wildman–Crippen LogP) is 2.24. The van der Waals surface area contributed by atoms with Crippen LogP contribution in [0.25, 0.3) is 0 Å². The number of carbonyl (C=O) groups excluding carboxylic acids is 2.